The molecule has 0 bridgehead atoms. The maximum atomic E-state index is 11.6. The third-order valence-electron chi connectivity index (χ3n) is 2.45. The van der Waals surface area contributed by atoms with Crippen LogP contribution in [-0.2, 0) is 14.3 Å². The van der Waals surface area contributed by atoms with Gasteiger partial charge in [-0.15, -0.1) is 0 Å². The molecule has 1 aliphatic rings. The fraction of sp³-hybridized carbons (Fsp3) is 0.800. The van der Waals surface area contributed by atoms with Gasteiger partial charge < -0.3 is 15.2 Å². The number of carbonyl (C=O) groups excluding carboxylic acids is 1. The molecule has 0 saturated carbocycles. The lowest BCUT2D eigenvalue weighted by molar-refractivity contribution is -0.143. The maximum absolute atomic E-state index is 11.6. The van der Waals surface area contributed by atoms with E-state index in [1.807, 2.05) is 6.26 Å². The van der Waals surface area contributed by atoms with Crippen molar-refractivity contribution < 1.29 is 19.4 Å². The van der Waals surface area contributed by atoms with E-state index in [9.17, 15) is 9.59 Å². The third-order valence-corrected chi connectivity index (χ3v) is 3.09. The Morgan fingerprint density at radius 3 is 2.88 bits per heavy atom. The highest BCUT2D eigenvalue weighted by molar-refractivity contribution is 7.98. The van der Waals surface area contributed by atoms with Crippen LogP contribution in [0.2, 0.25) is 0 Å². The Labute approximate surface area is 98.9 Å². The Bertz CT molecular complexity index is 253. The number of thioether (sulfide) groups is 1. The van der Waals surface area contributed by atoms with E-state index in [1.165, 1.54) is 0 Å². The van der Waals surface area contributed by atoms with Gasteiger partial charge in [0.25, 0.3) is 0 Å². The second-order valence-corrected chi connectivity index (χ2v) is 4.67. The number of ether oxygens (including phenoxy) is 1. The summed E-state index contributed by atoms with van der Waals surface area (Å²) in [6.07, 6.45) is 3.42. The average molecular weight is 247 g/mol. The first kappa shape index (κ1) is 13.3. The molecule has 16 heavy (non-hydrogen) atoms. The number of amides is 1. The molecule has 0 aromatic carbocycles. The number of carbonyl (C=O) groups is 2. The van der Waals surface area contributed by atoms with Crippen molar-refractivity contribution in [2.75, 3.05) is 18.6 Å². The number of aliphatic carboxylic acids is 1. The summed E-state index contributed by atoms with van der Waals surface area (Å²) >= 11 is 1.56. The first-order valence-electron chi connectivity index (χ1n) is 5.29. The fourth-order valence-corrected chi connectivity index (χ4v) is 2.01. The molecule has 0 aromatic rings. The molecule has 0 aromatic heterocycles. The van der Waals surface area contributed by atoms with Crippen molar-refractivity contribution in [2.45, 2.75) is 31.4 Å². The standard InChI is InChI=1S/C10H17NO4S/c1-16-6-4-7(10(13)14)11-9(12)8-3-2-5-15-8/h7-8H,2-6H2,1H3,(H,11,12)(H,13,14)/t7?,8-/m1/s1. The second kappa shape index (κ2) is 6.75. The van der Waals surface area contributed by atoms with Crippen molar-refractivity contribution in [2.24, 2.45) is 0 Å². The first-order chi connectivity index (χ1) is 7.65. The van der Waals surface area contributed by atoms with Crippen LogP contribution in [-0.4, -0.2) is 47.7 Å². The van der Waals surface area contributed by atoms with Crippen molar-refractivity contribution in [3.05, 3.63) is 0 Å². The van der Waals surface area contributed by atoms with Crippen molar-refractivity contribution in [3.63, 3.8) is 0 Å². The molecular weight excluding hydrogens is 230 g/mol. The number of hydrogen-bond donors (Lipinski definition) is 2. The number of hydrogen-bond acceptors (Lipinski definition) is 4. The summed E-state index contributed by atoms with van der Waals surface area (Å²) in [5.41, 5.74) is 0. The summed E-state index contributed by atoms with van der Waals surface area (Å²) in [5, 5.41) is 11.4. The molecule has 1 rings (SSSR count). The zero-order valence-electron chi connectivity index (χ0n) is 9.27. The average Bonchev–Trinajstić information content (AvgIpc) is 2.76. The monoisotopic (exact) mass is 247 g/mol. The predicted octanol–water partition coefficient (Wildman–Crippen LogP) is 0.488. The van der Waals surface area contributed by atoms with Crippen LogP contribution in [0.3, 0.4) is 0 Å². The molecule has 1 amide bonds. The van der Waals surface area contributed by atoms with E-state index in [-0.39, 0.29) is 5.91 Å². The molecular formula is C10H17NO4S. The Balaban J connectivity index is 2.40. The molecule has 0 spiro atoms. The van der Waals surface area contributed by atoms with Gasteiger partial charge in [-0.2, -0.15) is 11.8 Å². The van der Waals surface area contributed by atoms with Gasteiger partial charge in [0.15, 0.2) is 0 Å². The van der Waals surface area contributed by atoms with Gasteiger partial charge in [-0.1, -0.05) is 0 Å². The van der Waals surface area contributed by atoms with Gasteiger partial charge >= 0.3 is 5.97 Å². The summed E-state index contributed by atoms with van der Waals surface area (Å²) in [4.78, 5) is 22.5. The molecule has 1 heterocycles. The van der Waals surface area contributed by atoms with E-state index in [2.05, 4.69) is 5.32 Å². The van der Waals surface area contributed by atoms with Crippen LogP contribution < -0.4 is 5.32 Å². The molecule has 1 saturated heterocycles. The van der Waals surface area contributed by atoms with Gasteiger partial charge in [0, 0.05) is 6.61 Å². The molecule has 1 aliphatic heterocycles. The van der Waals surface area contributed by atoms with Crippen molar-refractivity contribution in [1.82, 2.24) is 5.32 Å². The van der Waals surface area contributed by atoms with Crippen molar-refractivity contribution in [3.8, 4) is 0 Å². The fourth-order valence-electron chi connectivity index (χ4n) is 1.54. The highest BCUT2D eigenvalue weighted by Crippen LogP contribution is 2.12. The zero-order valence-corrected chi connectivity index (χ0v) is 10.1. The molecule has 92 valence electrons. The highest BCUT2D eigenvalue weighted by atomic mass is 32.2. The van der Waals surface area contributed by atoms with Crippen LogP contribution >= 0.6 is 11.8 Å². The Morgan fingerprint density at radius 1 is 1.62 bits per heavy atom. The van der Waals surface area contributed by atoms with E-state index in [0.29, 0.717) is 25.2 Å². The van der Waals surface area contributed by atoms with Crippen molar-refractivity contribution >= 4 is 23.6 Å². The lowest BCUT2D eigenvalue weighted by Gasteiger charge is -2.16. The largest absolute Gasteiger partial charge is 0.480 e. The van der Waals surface area contributed by atoms with E-state index in [4.69, 9.17) is 9.84 Å². The van der Waals surface area contributed by atoms with Crippen LogP contribution in [0.4, 0.5) is 0 Å². The molecule has 2 atom stereocenters. The van der Waals surface area contributed by atoms with Crippen LogP contribution in [0.25, 0.3) is 0 Å². The SMILES string of the molecule is CSCCC(NC(=O)[C@H]1CCCO1)C(=O)O. The van der Waals surface area contributed by atoms with Gasteiger partial charge in [-0.25, -0.2) is 4.79 Å². The van der Waals surface area contributed by atoms with Crippen LogP contribution in [0.15, 0.2) is 0 Å². The molecule has 0 radical (unpaired) electrons. The number of carboxylic acid groups (broad SMARTS) is 1. The minimum absolute atomic E-state index is 0.300. The van der Waals surface area contributed by atoms with Gasteiger partial charge in [-0.05, 0) is 31.3 Å². The zero-order chi connectivity index (χ0) is 12.0. The molecule has 0 aliphatic carbocycles. The predicted molar refractivity (Wildman–Crippen MR) is 61.5 cm³/mol. The van der Waals surface area contributed by atoms with Gasteiger partial charge in [0.05, 0.1) is 0 Å². The lowest BCUT2D eigenvalue weighted by atomic mass is 10.2. The number of nitrogens with one attached hydrogen (secondary N) is 1. The van der Waals surface area contributed by atoms with Crippen molar-refractivity contribution in [1.29, 1.82) is 0 Å². The lowest BCUT2D eigenvalue weighted by Crippen LogP contribution is -2.45. The third kappa shape index (κ3) is 4.02. The van der Waals surface area contributed by atoms with Gasteiger partial charge in [-0.3, -0.25) is 4.79 Å². The van der Waals surface area contributed by atoms with Crippen LogP contribution in [0, 0.1) is 0 Å². The summed E-state index contributed by atoms with van der Waals surface area (Å²) in [6.45, 7) is 0.584. The second-order valence-electron chi connectivity index (χ2n) is 3.68. The smallest absolute Gasteiger partial charge is 0.326 e. The Hall–Kier alpha value is -0.750. The Morgan fingerprint density at radius 2 is 2.38 bits per heavy atom. The summed E-state index contributed by atoms with van der Waals surface area (Å²) < 4.78 is 5.19. The summed E-state index contributed by atoms with van der Waals surface area (Å²) in [5.74, 6) is -0.575. The maximum Gasteiger partial charge on any atom is 0.326 e. The van der Waals surface area contributed by atoms with E-state index < -0.39 is 18.1 Å². The summed E-state index contributed by atoms with van der Waals surface area (Å²) in [7, 11) is 0. The molecule has 6 heteroatoms. The van der Waals surface area contributed by atoms with E-state index in [0.717, 1.165) is 6.42 Å². The molecule has 2 N–H and O–H groups in total. The van der Waals surface area contributed by atoms with Gasteiger partial charge in [0.2, 0.25) is 5.91 Å². The van der Waals surface area contributed by atoms with E-state index in [1.54, 1.807) is 11.8 Å². The van der Waals surface area contributed by atoms with Crippen LogP contribution in [0.1, 0.15) is 19.3 Å². The minimum atomic E-state index is -0.986. The van der Waals surface area contributed by atoms with Gasteiger partial charge in [0.1, 0.15) is 12.1 Å². The molecule has 1 unspecified atom stereocenters. The number of carboxylic acids is 1. The molecule has 1 fully saturated rings. The quantitative estimate of drug-likeness (QED) is 0.714. The highest BCUT2D eigenvalue weighted by Gasteiger charge is 2.27. The first-order valence-corrected chi connectivity index (χ1v) is 6.68. The topological polar surface area (TPSA) is 75.6 Å². The summed E-state index contributed by atoms with van der Waals surface area (Å²) in [6, 6.07) is -0.802. The van der Waals surface area contributed by atoms with Crippen LogP contribution in [0.5, 0.6) is 0 Å². The normalized spacial score (nSPS) is 21.7. The minimum Gasteiger partial charge on any atom is -0.480 e. The number of rotatable bonds is 6. The molecule has 5 nitrogen and oxygen atoms in total. The van der Waals surface area contributed by atoms with E-state index >= 15 is 0 Å². The Kier molecular flexibility index (Phi) is 5.62.